The summed E-state index contributed by atoms with van der Waals surface area (Å²) in [5.74, 6) is -1.66. The molecule has 4 rings (SSSR count). The fraction of sp³-hybridized carbons (Fsp3) is 0.0952. The van der Waals surface area contributed by atoms with Crippen LogP contribution < -0.4 is 10.2 Å². The highest BCUT2D eigenvalue weighted by atomic mass is 79.9. The average molecular weight is 423 g/mol. The van der Waals surface area contributed by atoms with Gasteiger partial charge in [-0.2, -0.15) is 0 Å². The first-order valence-electron chi connectivity index (χ1n) is 8.43. The molecule has 2 amide bonds. The molecule has 0 bridgehead atoms. The third-order valence-corrected chi connectivity index (χ3v) is 5.31. The van der Waals surface area contributed by atoms with Crippen LogP contribution in [0, 0.1) is 0 Å². The normalized spacial score (nSPS) is 14.4. The molecule has 0 saturated heterocycles. The van der Waals surface area contributed by atoms with E-state index in [0.717, 1.165) is 10.8 Å². The van der Waals surface area contributed by atoms with Gasteiger partial charge in [-0.15, -0.1) is 0 Å². The van der Waals surface area contributed by atoms with Gasteiger partial charge in [0, 0.05) is 10.2 Å². The molecule has 1 unspecified atom stereocenters. The Morgan fingerprint density at radius 3 is 2.52 bits per heavy atom. The summed E-state index contributed by atoms with van der Waals surface area (Å²) in [4.78, 5) is 38.7. The number of hydrogen-bond donors (Lipinski definition) is 1. The van der Waals surface area contributed by atoms with E-state index in [2.05, 4.69) is 21.2 Å². The first-order chi connectivity index (χ1) is 13.0. The van der Waals surface area contributed by atoms with Crippen molar-refractivity contribution in [2.24, 2.45) is 0 Å². The fourth-order valence-corrected chi connectivity index (χ4v) is 3.83. The minimum Gasteiger partial charge on any atom is -0.324 e. The van der Waals surface area contributed by atoms with Gasteiger partial charge in [0.2, 0.25) is 5.91 Å². The minimum absolute atomic E-state index is 0.305. The third kappa shape index (κ3) is 2.92. The lowest BCUT2D eigenvalue weighted by Gasteiger charge is -2.24. The Bertz CT molecular complexity index is 1110. The Kier molecular flexibility index (Phi) is 4.28. The van der Waals surface area contributed by atoms with Gasteiger partial charge >= 0.3 is 0 Å². The number of hydrogen-bond acceptors (Lipinski definition) is 3. The van der Waals surface area contributed by atoms with Crippen LogP contribution in [0.1, 0.15) is 17.3 Å². The summed E-state index contributed by atoms with van der Waals surface area (Å²) < 4.78 is 0.601. The molecule has 1 aliphatic rings. The standard InChI is InChI=1S/C21H15BrN2O3/c1-12(24-18-16(19(25)21(24)27)7-4-8-17(18)22)20(26)23-15-10-9-13-5-2-3-6-14(13)11-15/h2-12H,1H3,(H,23,26). The molecule has 27 heavy (non-hydrogen) atoms. The molecule has 0 spiro atoms. The van der Waals surface area contributed by atoms with Gasteiger partial charge in [0.25, 0.3) is 11.7 Å². The zero-order valence-corrected chi connectivity index (χ0v) is 16.0. The highest BCUT2D eigenvalue weighted by Gasteiger charge is 2.41. The van der Waals surface area contributed by atoms with Gasteiger partial charge in [-0.1, -0.05) is 36.4 Å². The van der Waals surface area contributed by atoms with Gasteiger partial charge in [-0.05, 0) is 57.9 Å². The van der Waals surface area contributed by atoms with E-state index in [1.54, 1.807) is 25.1 Å². The van der Waals surface area contributed by atoms with Crippen molar-refractivity contribution in [1.29, 1.82) is 0 Å². The van der Waals surface area contributed by atoms with Crippen LogP contribution in [0.2, 0.25) is 0 Å². The smallest absolute Gasteiger partial charge is 0.300 e. The van der Waals surface area contributed by atoms with Crippen molar-refractivity contribution in [2.75, 3.05) is 10.2 Å². The number of benzene rings is 3. The number of para-hydroxylation sites is 1. The zero-order valence-electron chi connectivity index (χ0n) is 14.4. The Balaban J connectivity index is 1.62. The monoisotopic (exact) mass is 422 g/mol. The SMILES string of the molecule is CC(C(=O)Nc1ccc2ccccc2c1)N1C(=O)C(=O)c2cccc(Br)c21. The molecule has 0 fully saturated rings. The van der Waals surface area contributed by atoms with E-state index in [-0.39, 0.29) is 5.91 Å². The summed E-state index contributed by atoms with van der Waals surface area (Å²) in [7, 11) is 0. The van der Waals surface area contributed by atoms with Crippen molar-refractivity contribution in [3.05, 3.63) is 70.7 Å². The molecule has 0 radical (unpaired) electrons. The van der Waals surface area contributed by atoms with Gasteiger partial charge < -0.3 is 5.32 Å². The summed E-state index contributed by atoms with van der Waals surface area (Å²) in [5, 5.41) is 4.91. The lowest BCUT2D eigenvalue weighted by Crippen LogP contribution is -2.45. The third-order valence-electron chi connectivity index (χ3n) is 4.67. The van der Waals surface area contributed by atoms with Crippen LogP contribution in [0.4, 0.5) is 11.4 Å². The average Bonchev–Trinajstić information content (AvgIpc) is 2.93. The highest BCUT2D eigenvalue weighted by Crippen LogP contribution is 2.37. The van der Waals surface area contributed by atoms with E-state index < -0.39 is 17.7 Å². The molecule has 3 aromatic rings. The molecule has 0 aromatic heterocycles. The Labute approximate surface area is 164 Å². The number of amides is 2. The van der Waals surface area contributed by atoms with Gasteiger partial charge in [-0.3, -0.25) is 19.3 Å². The van der Waals surface area contributed by atoms with Crippen LogP contribution in [-0.2, 0) is 9.59 Å². The molecule has 1 aliphatic heterocycles. The van der Waals surface area contributed by atoms with Crippen LogP contribution in [0.5, 0.6) is 0 Å². The number of Topliss-reactive ketones (excluding diaryl/α,β-unsaturated/α-hetero) is 1. The molecule has 1 heterocycles. The molecule has 3 aromatic carbocycles. The number of halogens is 1. The summed E-state index contributed by atoms with van der Waals surface area (Å²) in [5.41, 5.74) is 1.38. The van der Waals surface area contributed by atoms with Crippen LogP contribution in [-0.4, -0.2) is 23.6 Å². The van der Waals surface area contributed by atoms with Crippen molar-refractivity contribution in [1.82, 2.24) is 0 Å². The number of carbonyl (C=O) groups is 3. The van der Waals surface area contributed by atoms with Gasteiger partial charge in [0.15, 0.2) is 0 Å². The van der Waals surface area contributed by atoms with Crippen molar-refractivity contribution >= 4 is 55.7 Å². The molecule has 6 heteroatoms. The Hall–Kier alpha value is -2.99. The van der Waals surface area contributed by atoms with E-state index in [0.29, 0.717) is 21.4 Å². The lowest BCUT2D eigenvalue weighted by molar-refractivity contribution is -0.120. The Morgan fingerprint density at radius 1 is 1.00 bits per heavy atom. The number of ketones is 1. The van der Waals surface area contributed by atoms with Gasteiger partial charge in [-0.25, -0.2) is 0 Å². The minimum atomic E-state index is -0.840. The van der Waals surface area contributed by atoms with Crippen LogP contribution in [0.25, 0.3) is 10.8 Å². The number of rotatable bonds is 3. The number of anilines is 2. The van der Waals surface area contributed by atoms with Crippen LogP contribution in [0.3, 0.4) is 0 Å². The van der Waals surface area contributed by atoms with Gasteiger partial charge in [0.05, 0.1) is 11.3 Å². The predicted molar refractivity (Wildman–Crippen MR) is 108 cm³/mol. The number of fused-ring (bicyclic) bond motifs is 2. The van der Waals surface area contributed by atoms with E-state index in [4.69, 9.17) is 0 Å². The van der Waals surface area contributed by atoms with E-state index in [1.165, 1.54) is 4.90 Å². The maximum absolute atomic E-state index is 12.8. The fourth-order valence-electron chi connectivity index (χ4n) is 3.27. The molecule has 0 aliphatic carbocycles. The predicted octanol–water partition coefficient (Wildman–Crippen LogP) is 4.16. The van der Waals surface area contributed by atoms with Crippen molar-refractivity contribution < 1.29 is 14.4 Å². The first kappa shape index (κ1) is 17.4. The van der Waals surface area contributed by atoms with Crippen molar-refractivity contribution in [2.45, 2.75) is 13.0 Å². The van der Waals surface area contributed by atoms with E-state index >= 15 is 0 Å². The van der Waals surface area contributed by atoms with Crippen molar-refractivity contribution in [3.8, 4) is 0 Å². The highest BCUT2D eigenvalue weighted by molar-refractivity contribution is 9.10. The second kappa shape index (κ2) is 6.63. The maximum atomic E-state index is 12.8. The van der Waals surface area contributed by atoms with E-state index in [9.17, 15) is 14.4 Å². The second-order valence-corrected chi connectivity index (χ2v) is 7.22. The molecule has 134 valence electrons. The number of nitrogens with one attached hydrogen (secondary N) is 1. The quantitative estimate of drug-likeness (QED) is 0.644. The summed E-state index contributed by atoms with van der Waals surface area (Å²) >= 11 is 3.38. The lowest BCUT2D eigenvalue weighted by atomic mass is 10.1. The second-order valence-electron chi connectivity index (χ2n) is 6.37. The summed E-state index contributed by atoms with van der Waals surface area (Å²) in [6.07, 6.45) is 0. The molecule has 0 saturated carbocycles. The number of nitrogens with zero attached hydrogens (tertiary/aromatic N) is 1. The van der Waals surface area contributed by atoms with E-state index in [1.807, 2.05) is 42.5 Å². The van der Waals surface area contributed by atoms with Crippen molar-refractivity contribution in [3.63, 3.8) is 0 Å². The first-order valence-corrected chi connectivity index (χ1v) is 9.23. The van der Waals surface area contributed by atoms with Crippen LogP contribution in [0.15, 0.2) is 65.1 Å². The molecule has 1 N–H and O–H groups in total. The summed E-state index contributed by atoms with van der Waals surface area (Å²) in [6, 6.07) is 17.6. The number of carbonyl (C=O) groups excluding carboxylic acids is 3. The maximum Gasteiger partial charge on any atom is 0.300 e. The molecular weight excluding hydrogens is 408 g/mol. The molecule has 1 atom stereocenters. The van der Waals surface area contributed by atoms with Crippen LogP contribution >= 0.6 is 15.9 Å². The van der Waals surface area contributed by atoms with Gasteiger partial charge in [0.1, 0.15) is 6.04 Å². The summed E-state index contributed by atoms with van der Waals surface area (Å²) in [6.45, 7) is 1.61. The molecular formula is C21H15BrN2O3. The molecule has 5 nitrogen and oxygen atoms in total. The zero-order chi connectivity index (χ0) is 19.1. The largest absolute Gasteiger partial charge is 0.324 e. The topological polar surface area (TPSA) is 66.5 Å². The Morgan fingerprint density at radius 2 is 1.74 bits per heavy atom.